The molecule has 3 aliphatic heterocycles. The Kier molecular flexibility index (Phi) is 2.96. The molecule has 5 rings (SSSR count). The molecule has 136 valence electrons. The highest BCUT2D eigenvalue weighted by Gasteiger charge is 2.68. The molecule has 4 atom stereocenters. The molecule has 2 aromatic rings. The lowest BCUT2D eigenvalue weighted by Crippen LogP contribution is -2.44. The van der Waals surface area contributed by atoms with Crippen LogP contribution < -0.4 is 0 Å². The molecule has 0 unspecified atom stereocenters. The molecule has 2 saturated heterocycles. The molecule has 0 spiro atoms. The molecule has 0 bridgehead atoms. The monoisotopic (exact) mass is 360 g/mol. The molecular weight excluding hydrogens is 344 g/mol. The minimum Gasteiger partial charge on any atom is -0.378 e. The zero-order chi connectivity index (χ0) is 18.3. The van der Waals surface area contributed by atoms with Crippen LogP contribution in [0, 0.1) is 10.1 Å². The van der Waals surface area contributed by atoms with Gasteiger partial charge in [0.25, 0.3) is 5.69 Å². The van der Waals surface area contributed by atoms with Crippen LogP contribution in [-0.4, -0.2) is 49.3 Å². The van der Waals surface area contributed by atoms with Crippen molar-refractivity contribution in [2.24, 2.45) is 0 Å². The summed E-state index contributed by atoms with van der Waals surface area (Å²) in [6.07, 6.45) is -1.94. The Morgan fingerprint density at radius 3 is 2.73 bits per heavy atom. The van der Waals surface area contributed by atoms with Crippen LogP contribution in [0.25, 0.3) is 11.3 Å². The van der Waals surface area contributed by atoms with Gasteiger partial charge in [0, 0.05) is 17.7 Å². The first-order valence-electron chi connectivity index (χ1n) is 8.22. The zero-order valence-electron chi connectivity index (χ0n) is 14.0. The largest absolute Gasteiger partial charge is 0.378 e. The predicted molar refractivity (Wildman–Crippen MR) is 84.7 cm³/mol. The molecule has 10 heteroatoms. The number of fused-ring (bicyclic) bond motifs is 5. The second-order valence-corrected chi connectivity index (χ2v) is 7.15. The second kappa shape index (κ2) is 4.86. The average Bonchev–Trinajstić information content (AvgIpc) is 3.26. The maximum absolute atomic E-state index is 11.5. The Hall–Kier alpha value is -2.40. The van der Waals surface area contributed by atoms with Crippen LogP contribution >= 0.6 is 0 Å². The van der Waals surface area contributed by atoms with E-state index in [-0.39, 0.29) is 5.69 Å². The molecule has 0 saturated carbocycles. The SMILES string of the molecule is CC1(C)O[C@H]2O[C@@H]3Cn4nnc(-c5ccc([N+](=O)[O-])cc5)c4[C@]3(O)[C@H]2O1. The van der Waals surface area contributed by atoms with Gasteiger partial charge in [-0.3, -0.25) is 10.1 Å². The summed E-state index contributed by atoms with van der Waals surface area (Å²) in [5.74, 6) is -0.871. The first-order chi connectivity index (χ1) is 12.3. The van der Waals surface area contributed by atoms with E-state index in [0.717, 1.165) is 0 Å². The third-order valence-electron chi connectivity index (χ3n) is 5.09. The zero-order valence-corrected chi connectivity index (χ0v) is 14.0. The van der Waals surface area contributed by atoms with Crippen LogP contribution in [0.4, 0.5) is 5.69 Å². The first kappa shape index (κ1) is 15.8. The molecule has 10 nitrogen and oxygen atoms in total. The summed E-state index contributed by atoms with van der Waals surface area (Å²) in [6.45, 7) is 3.84. The minimum absolute atomic E-state index is 0.0207. The number of rotatable bonds is 2. The Morgan fingerprint density at radius 1 is 1.31 bits per heavy atom. The van der Waals surface area contributed by atoms with E-state index in [1.807, 2.05) is 0 Å². The van der Waals surface area contributed by atoms with Gasteiger partial charge in [-0.1, -0.05) is 5.21 Å². The highest BCUT2D eigenvalue weighted by atomic mass is 16.8. The van der Waals surface area contributed by atoms with Crippen molar-refractivity contribution in [3.63, 3.8) is 0 Å². The Morgan fingerprint density at radius 2 is 2.04 bits per heavy atom. The first-order valence-corrected chi connectivity index (χ1v) is 8.22. The topological polar surface area (TPSA) is 122 Å². The number of nitro benzene ring substituents is 1. The van der Waals surface area contributed by atoms with E-state index in [0.29, 0.717) is 23.5 Å². The number of hydrogen-bond donors (Lipinski definition) is 1. The van der Waals surface area contributed by atoms with Gasteiger partial charge in [0.2, 0.25) is 0 Å². The number of nitrogens with zero attached hydrogens (tertiary/aromatic N) is 4. The molecule has 1 aromatic carbocycles. The molecule has 1 N–H and O–H groups in total. The highest BCUT2D eigenvalue weighted by molar-refractivity contribution is 5.65. The van der Waals surface area contributed by atoms with Crippen molar-refractivity contribution in [1.82, 2.24) is 15.0 Å². The summed E-state index contributed by atoms with van der Waals surface area (Å²) in [7, 11) is 0. The maximum Gasteiger partial charge on any atom is 0.269 e. The lowest BCUT2D eigenvalue weighted by molar-refractivity contribution is -0.384. The second-order valence-electron chi connectivity index (χ2n) is 7.15. The Balaban J connectivity index is 1.59. The quantitative estimate of drug-likeness (QED) is 0.620. The summed E-state index contributed by atoms with van der Waals surface area (Å²) in [6, 6.07) is 5.96. The van der Waals surface area contributed by atoms with E-state index in [9.17, 15) is 15.2 Å². The highest BCUT2D eigenvalue weighted by Crippen LogP contribution is 2.53. The van der Waals surface area contributed by atoms with Crippen LogP contribution in [0.3, 0.4) is 0 Å². The molecule has 3 aliphatic rings. The van der Waals surface area contributed by atoms with Crippen molar-refractivity contribution >= 4 is 5.69 Å². The average molecular weight is 360 g/mol. The van der Waals surface area contributed by atoms with Gasteiger partial charge >= 0.3 is 0 Å². The number of hydrogen-bond acceptors (Lipinski definition) is 8. The number of benzene rings is 1. The van der Waals surface area contributed by atoms with Gasteiger partial charge in [-0.15, -0.1) is 5.10 Å². The molecule has 0 aliphatic carbocycles. The van der Waals surface area contributed by atoms with E-state index >= 15 is 0 Å². The third-order valence-corrected chi connectivity index (χ3v) is 5.09. The minimum atomic E-state index is -1.46. The van der Waals surface area contributed by atoms with E-state index in [4.69, 9.17) is 14.2 Å². The summed E-state index contributed by atoms with van der Waals surface area (Å²) in [5.41, 5.74) is 0.0619. The number of aromatic nitrogens is 3. The third kappa shape index (κ3) is 1.95. The van der Waals surface area contributed by atoms with E-state index < -0.39 is 34.8 Å². The molecule has 0 amide bonds. The van der Waals surface area contributed by atoms with Gasteiger partial charge < -0.3 is 19.3 Å². The van der Waals surface area contributed by atoms with Crippen molar-refractivity contribution < 1.29 is 24.2 Å². The fourth-order valence-electron chi connectivity index (χ4n) is 3.98. The smallest absolute Gasteiger partial charge is 0.269 e. The van der Waals surface area contributed by atoms with Crippen molar-refractivity contribution in [2.45, 2.75) is 50.3 Å². The fourth-order valence-corrected chi connectivity index (χ4v) is 3.98. The Bertz CT molecular complexity index is 910. The lowest BCUT2D eigenvalue weighted by atomic mass is 9.89. The van der Waals surface area contributed by atoms with Gasteiger partial charge in [-0.05, 0) is 26.0 Å². The van der Waals surface area contributed by atoms with Gasteiger partial charge in [0.15, 0.2) is 17.7 Å². The summed E-state index contributed by atoms with van der Waals surface area (Å²) in [5, 5.41) is 30.7. The molecular formula is C16H16N4O6. The van der Waals surface area contributed by atoms with E-state index in [1.54, 1.807) is 30.7 Å². The molecule has 1 aromatic heterocycles. The fraction of sp³-hybridized carbons (Fsp3) is 0.500. The van der Waals surface area contributed by atoms with Gasteiger partial charge in [0.1, 0.15) is 23.6 Å². The summed E-state index contributed by atoms with van der Waals surface area (Å²) >= 11 is 0. The summed E-state index contributed by atoms with van der Waals surface area (Å²) in [4.78, 5) is 10.4. The van der Waals surface area contributed by atoms with Crippen LogP contribution in [0.15, 0.2) is 24.3 Å². The lowest BCUT2D eigenvalue weighted by Gasteiger charge is -2.28. The van der Waals surface area contributed by atoms with E-state index in [1.165, 1.54) is 12.1 Å². The van der Waals surface area contributed by atoms with Gasteiger partial charge in [-0.2, -0.15) is 0 Å². The number of ether oxygens (including phenoxy) is 3. The summed E-state index contributed by atoms with van der Waals surface area (Å²) < 4.78 is 19.1. The van der Waals surface area contributed by atoms with Gasteiger partial charge in [0.05, 0.1) is 11.5 Å². The molecule has 0 radical (unpaired) electrons. The standard InChI is InChI=1S/C16H16N4O6/c1-15(2)25-13-14(26-15)24-10-7-19-12(16(10,13)21)11(17-18-19)8-3-5-9(6-4-8)20(22)23/h3-6,10,13-14,21H,7H2,1-2H3/t10-,13+,14-,16+/m1/s1. The van der Waals surface area contributed by atoms with Crippen molar-refractivity contribution in [3.05, 3.63) is 40.1 Å². The molecule has 26 heavy (non-hydrogen) atoms. The van der Waals surface area contributed by atoms with Crippen LogP contribution in [0.2, 0.25) is 0 Å². The van der Waals surface area contributed by atoms with Crippen LogP contribution in [0.5, 0.6) is 0 Å². The maximum atomic E-state index is 11.5. The van der Waals surface area contributed by atoms with Crippen molar-refractivity contribution in [2.75, 3.05) is 0 Å². The van der Waals surface area contributed by atoms with Crippen LogP contribution in [-0.2, 0) is 26.4 Å². The predicted octanol–water partition coefficient (Wildman–Crippen LogP) is 0.931. The normalized spacial score (nSPS) is 33.7. The molecule has 4 heterocycles. The van der Waals surface area contributed by atoms with Crippen LogP contribution in [0.1, 0.15) is 19.5 Å². The van der Waals surface area contributed by atoms with Crippen molar-refractivity contribution in [1.29, 1.82) is 0 Å². The van der Waals surface area contributed by atoms with Gasteiger partial charge in [-0.25, -0.2) is 4.68 Å². The van der Waals surface area contributed by atoms with E-state index in [2.05, 4.69) is 10.3 Å². The molecule has 2 fully saturated rings. The Labute approximate surface area is 147 Å². The number of aliphatic hydroxyl groups is 1. The van der Waals surface area contributed by atoms with Crippen molar-refractivity contribution in [3.8, 4) is 11.3 Å². The number of non-ortho nitro benzene ring substituents is 1. The number of nitro groups is 1.